The molecule has 5 nitrogen and oxygen atoms in total. The van der Waals surface area contributed by atoms with Crippen LogP contribution in [0.4, 0.5) is 10.5 Å². The number of nitrogens with one attached hydrogen (secondary N) is 1. The maximum absolute atomic E-state index is 12.1. The van der Waals surface area contributed by atoms with Crippen LogP contribution in [0.5, 0.6) is 0 Å². The van der Waals surface area contributed by atoms with Crippen LogP contribution in [-0.4, -0.2) is 35.7 Å². The third-order valence-corrected chi connectivity index (χ3v) is 3.89. The van der Waals surface area contributed by atoms with Crippen LogP contribution in [0.25, 0.3) is 0 Å². The summed E-state index contributed by atoms with van der Waals surface area (Å²) in [6.07, 6.45) is 1.44. The number of nitriles is 1. The molecular weight excluding hydrogens is 290 g/mol. The van der Waals surface area contributed by atoms with Crippen molar-refractivity contribution in [2.75, 3.05) is 18.4 Å². The first-order valence-electron chi connectivity index (χ1n) is 8.04. The van der Waals surface area contributed by atoms with E-state index in [1.54, 1.807) is 4.90 Å². The SMILES string of the molecule is Cc1cccc(NC2CCN(C(=O)OC(C)(C)C)CC2)c1C#N. The highest BCUT2D eigenvalue weighted by molar-refractivity contribution is 5.68. The first-order valence-corrected chi connectivity index (χ1v) is 8.04. The number of likely N-dealkylation sites (tertiary alicyclic amines) is 1. The van der Waals surface area contributed by atoms with Gasteiger partial charge in [-0.1, -0.05) is 12.1 Å². The highest BCUT2D eigenvalue weighted by Gasteiger charge is 2.27. The lowest BCUT2D eigenvalue weighted by molar-refractivity contribution is 0.0210. The molecule has 0 atom stereocenters. The van der Waals surface area contributed by atoms with Crippen molar-refractivity contribution in [3.8, 4) is 6.07 Å². The van der Waals surface area contributed by atoms with Gasteiger partial charge in [0.2, 0.25) is 0 Å². The molecule has 1 fully saturated rings. The molecule has 23 heavy (non-hydrogen) atoms. The van der Waals surface area contributed by atoms with Crippen LogP contribution in [0, 0.1) is 18.3 Å². The molecule has 0 aromatic heterocycles. The lowest BCUT2D eigenvalue weighted by atomic mass is 10.0. The second-order valence-corrected chi connectivity index (χ2v) is 7.00. The summed E-state index contributed by atoms with van der Waals surface area (Å²) in [5, 5.41) is 12.7. The summed E-state index contributed by atoms with van der Waals surface area (Å²) < 4.78 is 5.41. The lowest BCUT2D eigenvalue weighted by Crippen LogP contribution is -2.44. The van der Waals surface area contributed by atoms with Crippen LogP contribution in [-0.2, 0) is 4.74 Å². The maximum atomic E-state index is 12.1. The zero-order chi connectivity index (χ0) is 17.0. The minimum atomic E-state index is -0.463. The molecule has 124 valence electrons. The minimum absolute atomic E-state index is 0.246. The van der Waals surface area contributed by atoms with Crippen LogP contribution < -0.4 is 5.32 Å². The van der Waals surface area contributed by atoms with E-state index in [0.717, 1.165) is 24.1 Å². The van der Waals surface area contributed by atoms with Gasteiger partial charge in [0.15, 0.2) is 0 Å². The van der Waals surface area contributed by atoms with Crippen LogP contribution in [0.2, 0.25) is 0 Å². The van der Waals surface area contributed by atoms with E-state index in [-0.39, 0.29) is 12.1 Å². The van der Waals surface area contributed by atoms with Crippen LogP contribution in [0.3, 0.4) is 0 Å². The van der Waals surface area contributed by atoms with Gasteiger partial charge in [-0.05, 0) is 52.2 Å². The molecule has 0 radical (unpaired) electrons. The number of ether oxygens (including phenoxy) is 1. The fourth-order valence-corrected chi connectivity index (χ4v) is 2.69. The molecular formula is C18H25N3O2. The molecule has 1 aromatic carbocycles. The molecule has 1 aromatic rings. The number of rotatable bonds is 2. The van der Waals surface area contributed by atoms with Gasteiger partial charge in [-0.3, -0.25) is 0 Å². The zero-order valence-corrected chi connectivity index (χ0v) is 14.3. The fourth-order valence-electron chi connectivity index (χ4n) is 2.69. The van der Waals surface area contributed by atoms with Crippen molar-refractivity contribution in [3.63, 3.8) is 0 Å². The van der Waals surface area contributed by atoms with Crippen molar-refractivity contribution in [3.05, 3.63) is 29.3 Å². The summed E-state index contributed by atoms with van der Waals surface area (Å²) in [5.41, 5.74) is 2.09. The Labute approximate surface area is 138 Å². The molecule has 1 aliphatic heterocycles. The van der Waals surface area contributed by atoms with Gasteiger partial charge in [0.1, 0.15) is 11.7 Å². The Bertz CT molecular complexity index is 606. The standard InChI is InChI=1S/C18H25N3O2/c1-13-6-5-7-16(15(13)12-19)20-14-8-10-21(11-9-14)17(22)23-18(2,3)4/h5-7,14,20H,8-11H2,1-4H3. The molecule has 0 aliphatic carbocycles. The van der Waals surface area contributed by atoms with Gasteiger partial charge in [-0.2, -0.15) is 5.26 Å². The molecule has 1 aliphatic rings. The Kier molecular flexibility index (Phi) is 5.15. The molecule has 5 heteroatoms. The molecule has 0 unspecified atom stereocenters. The Morgan fingerprint density at radius 3 is 2.57 bits per heavy atom. The van der Waals surface area contributed by atoms with E-state index >= 15 is 0 Å². The number of piperidine rings is 1. The van der Waals surface area contributed by atoms with Crippen molar-refractivity contribution >= 4 is 11.8 Å². The highest BCUT2D eigenvalue weighted by atomic mass is 16.6. The molecule has 1 amide bonds. The molecule has 0 bridgehead atoms. The van der Waals surface area contributed by atoms with Crippen LogP contribution in [0.1, 0.15) is 44.7 Å². The second kappa shape index (κ2) is 6.91. The van der Waals surface area contributed by atoms with Gasteiger partial charge in [-0.15, -0.1) is 0 Å². The highest BCUT2D eigenvalue weighted by Crippen LogP contribution is 2.23. The van der Waals surface area contributed by atoms with E-state index in [0.29, 0.717) is 18.7 Å². The van der Waals surface area contributed by atoms with E-state index in [1.807, 2.05) is 45.9 Å². The third kappa shape index (κ3) is 4.62. The first-order chi connectivity index (χ1) is 10.8. The maximum Gasteiger partial charge on any atom is 0.410 e. The lowest BCUT2D eigenvalue weighted by Gasteiger charge is -2.34. The Hall–Kier alpha value is -2.22. The number of benzene rings is 1. The summed E-state index contributed by atoms with van der Waals surface area (Å²) >= 11 is 0. The van der Waals surface area contributed by atoms with Gasteiger partial charge < -0.3 is 15.0 Å². The number of nitrogens with zero attached hydrogens (tertiary/aromatic N) is 2. The van der Waals surface area contributed by atoms with Crippen molar-refractivity contribution in [1.82, 2.24) is 4.90 Å². The molecule has 1 saturated heterocycles. The van der Waals surface area contributed by atoms with Crippen molar-refractivity contribution in [2.24, 2.45) is 0 Å². The van der Waals surface area contributed by atoms with Gasteiger partial charge in [0, 0.05) is 19.1 Å². The second-order valence-electron chi connectivity index (χ2n) is 7.00. The van der Waals surface area contributed by atoms with E-state index in [2.05, 4.69) is 11.4 Å². The normalized spacial score (nSPS) is 15.9. The Balaban J connectivity index is 1.92. The molecule has 0 spiro atoms. The van der Waals surface area contributed by atoms with Gasteiger partial charge in [-0.25, -0.2) is 4.79 Å². The topological polar surface area (TPSA) is 65.4 Å². The minimum Gasteiger partial charge on any atom is -0.444 e. The van der Waals surface area contributed by atoms with Crippen molar-refractivity contribution < 1.29 is 9.53 Å². The number of carbonyl (C=O) groups is 1. The van der Waals surface area contributed by atoms with E-state index < -0.39 is 5.60 Å². The predicted octanol–water partition coefficient (Wildman–Crippen LogP) is 3.68. The number of carbonyl (C=O) groups excluding carboxylic acids is 1. The smallest absolute Gasteiger partial charge is 0.410 e. The summed E-state index contributed by atoms with van der Waals surface area (Å²) in [7, 11) is 0. The molecule has 1 N–H and O–H groups in total. The van der Waals surface area contributed by atoms with Gasteiger partial charge in [0.05, 0.1) is 11.3 Å². The Morgan fingerprint density at radius 2 is 2.00 bits per heavy atom. The van der Waals surface area contributed by atoms with Crippen molar-refractivity contribution in [2.45, 2.75) is 52.2 Å². The van der Waals surface area contributed by atoms with Gasteiger partial charge in [0.25, 0.3) is 0 Å². The number of hydrogen-bond donors (Lipinski definition) is 1. The quantitative estimate of drug-likeness (QED) is 0.904. The zero-order valence-electron chi connectivity index (χ0n) is 14.3. The number of aryl methyl sites for hydroxylation is 1. The number of anilines is 1. The predicted molar refractivity (Wildman–Crippen MR) is 90.3 cm³/mol. The molecule has 2 rings (SSSR count). The molecule has 0 saturated carbocycles. The van der Waals surface area contributed by atoms with Crippen LogP contribution >= 0.6 is 0 Å². The van der Waals surface area contributed by atoms with Gasteiger partial charge >= 0.3 is 6.09 Å². The summed E-state index contributed by atoms with van der Waals surface area (Å²) in [5.74, 6) is 0. The summed E-state index contributed by atoms with van der Waals surface area (Å²) in [6, 6.07) is 8.35. The van der Waals surface area contributed by atoms with E-state index in [4.69, 9.17) is 4.74 Å². The fraction of sp³-hybridized carbons (Fsp3) is 0.556. The first kappa shape index (κ1) is 17.1. The summed E-state index contributed by atoms with van der Waals surface area (Å²) in [4.78, 5) is 13.8. The van der Waals surface area contributed by atoms with E-state index in [9.17, 15) is 10.1 Å². The average Bonchev–Trinajstić information content (AvgIpc) is 2.46. The largest absolute Gasteiger partial charge is 0.444 e. The van der Waals surface area contributed by atoms with Crippen molar-refractivity contribution in [1.29, 1.82) is 5.26 Å². The third-order valence-electron chi connectivity index (χ3n) is 3.89. The number of amides is 1. The number of hydrogen-bond acceptors (Lipinski definition) is 4. The Morgan fingerprint density at radius 1 is 1.35 bits per heavy atom. The average molecular weight is 315 g/mol. The monoisotopic (exact) mass is 315 g/mol. The molecule has 1 heterocycles. The van der Waals surface area contributed by atoms with E-state index in [1.165, 1.54) is 0 Å². The van der Waals surface area contributed by atoms with Crippen LogP contribution in [0.15, 0.2) is 18.2 Å². The summed E-state index contributed by atoms with van der Waals surface area (Å²) in [6.45, 7) is 8.90.